The van der Waals surface area contributed by atoms with Crippen molar-refractivity contribution in [3.05, 3.63) is 33.8 Å². The van der Waals surface area contributed by atoms with Crippen molar-refractivity contribution < 1.29 is 4.74 Å². The van der Waals surface area contributed by atoms with Gasteiger partial charge in [-0.15, -0.1) is 0 Å². The number of nitrogens with two attached hydrogens (primary N) is 1. The predicted molar refractivity (Wildman–Crippen MR) is 55.8 cm³/mol. The van der Waals surface area contributed by atoms with Gasteiger partial charge in [0.1, 0.15) is 5.84 Å². The molecule has 0 bridgehead atoms. The van der Waals surface area contributed by atoms with Crippen molar-refractivity contribution in [2.24, 2.45) is 5.73 Å². The second kappa shape index (κ2) is 3.59. The zero-order chi connectivity index (χ0) is 10.1. The zero-order valence-corrected chi connectivity index (χ0v) is 8.40. The average molecular weight is 211 g/mol. The van der Waals surface area contributed by atoms with Crippen molar-refractivity contribution in [1.82, 2.24) is 0 Å². The molecule has 14 heavy (non-hydrogen) atoms. The molecule has 1 aromatic rings. The van der Waals surface area contributed by atoms with Crippen molar-refractivity contribution in [3.63, 3.8) is 0 Å². The van der Waals surface area contributed by atoms with Gasteiger partial charge in [0.2, 0.25) is 0 Å². The molecule has 1 aliphatic heterocycles. The maximum Gasteiger partial charge on any atom is 0.124 e. The lowest BCUT2D eigenvalue weighted by atomic mass is 10.00. The summed E-state index contributed by atoms with van der Waals surface area (Å²) in [6.45, 7) is 1.33. The molecule has 4 heteroatoms. The van der Waals surface area contributed by atoms with E-state index in [4.69, 9.17) is 27.5 Å². The van der Waals surface area contributed by atoms with Gasteiger partial charge in [0.15, 0.2) is 0 Å². The fourth-order valence-electron chi connectivity index (χ4n) is 1.60. The quantitative estimate of drug-likeness (QED) is 0.548. The molecule has 0 spiro atoms. The van der Waals surface area contributed by atoms with Crippen LogP contribution in [0.25, 0.3) is 0 Å². The van der Waals surface area contributed by atoms with E-state index in [0.717, 1.165) is 18.6 Å². The first-order valence-corrected chi connectivity index (χ1v) is 4.79. The van der Waals surface area contributed by atoms with Crippen LogP contribution >= 0.6 is 11.6 Å². The number of fused-ring (bicyclic) bond motifs is 1. The van der Waals surface area contributed by atoms with Crippen LogP contribution in [0.3, 0.4) is 0 Å². The summed E-state index contributed by atoms with van der Waals surface area (Å²) in [6, 6.07) is 3.73. The van der Waals surface area contributed by atoms with Crippen LogP contribution in [0, 0.1) is 5.41 Å². The lowest BCUT2D eigenvalue weighted by Crippen LogP contribution is -2.15. The van der Waals surface area contributed by atoms with Crippen molar-refractivity contribution in [2.75, 3.05) is 6.61 Å². The topological polar surface area (TPSA) is 59.1 Å². The number of nitrogens with one attached hydrogen (secondary N) is 1. The third-order valence-corrected chi connectivity index (χ3v) is 2.67. The minimum absolute atomic E-state index is 0.0179. The first kappa shape index (κ1) is 9.49. The summed E-state index contributed by atoms with van der Waals surface area (Å²) in [6.07, 6.45) is 0.868. The summed E-state index contributed by atoms with van der Waals surface area (Å²) in [4.78, 5) is 0. The third kappa shape index (κ3) is 1.61. The number of hydrogen-bond donors (Lipinski definition) is 2. The molecule has 3 nitrogen and oxygen atoms in total. The predicted octanol–water partition coefficient (Wildman–Crippen LogP) is 1.70. The summed E-state index contributed by atoms with van der Waals surface area (Å²) in [5.41, 5.74) is 8.32. The molecule has 0 aromatic heterocycles. The molecule has 0 atom stereocenters. The van der Waals surface area contributed by atoms with Gasteiger partial charge in [-0.2, -0.15) is 0 Å². The second-order valence-corrected chi connectivity index (χ2v) is 3.72. The zero-order valence-electron chi connectivity index (χ0n) is 7.64. The Morgan fingerprint density at radius 3 is 2.93 bits per heavy atom. The van der Waals surface area contributed by atoms with Gasteiger partial charge in [0, 0.05) is 5.56 Å². The van der Waals surface area contributed by atoms with Gasteiger partial charge in [-0.1, -0.05) is 11.6 Å². The van der Waals surface area contributed by atoms with Crippen LogP contribution in [0.2, 0.25) is 5.02 Å². The maximum absolute atomic E-state index is 7.36. The Kier molecular flexibility index (Phi) is 2.44. The van der Waals surface area contributed by atoms with Gasteiger partial charge in [-0.25, -0.2) is 0 Å². The van der Waals surface area contributed by atoms with Gasteiger partial charge in [0.05, 0.1) is 18.2 Å². The minimum Gasteiger partial charge on any atom is -0.384 e. The Balaban J connectivity index is 2.50. The molecule has 0 aliphatic carbocycles. The van der Waals surface area contributed by atoms with Crippen LogP contribution in [-0.2, 0) is 17.8 Å². The van der Waals surface area contributed by atoms with Crippen LogP contribution < -0.4 is 5.73 Å². The second-order valence-electron chi connectivity index (χ2n) is 3.32. The Bertz CT molecular complexity index is 390. The Hall–Kier alpha value is -1.06. The van der Waals surface area contributed by atoms with Gasteiger partial charge in [-0.3, -0.25) is 5.41 Å². The number of benzene rings is 1. The van der Waals surface area contributed by atoms with Crippen LogP contribution in [0.4, 0.5) is 0 Å². The highest BCUT2D eigenvalue weighted by atomic mass is 35.5. The highest BCUT2D eigenvalue weighted by molar-refractivity contribution is 6.34. The van der Waals surface area contributed by atoms with E-state index < -0.39 is 0 Å². The number of amidine groups is 1. The van der Waals surface area contributed by atoms with Crippen molar-refractivity contribution >= 4 is 17.4 Å². The Labute approximate surface area is 87.3 Å². The van der Waals surface area contributed by atoms with E-state index >= 15 is 0 Å². The molecule has 0 fully saturated rings. The molecule has 0 unspecified atom stereocenters. The summed E-state index contributed by atoms with van der Waals surface area (Å²) < 4.78 is 5.31. The monoisotopic (exact) mass is 210 g/mol. The first-order valence-electron chi connectivity index (χ1n) is 4.42. The van der Waals surface area contributed by atoms with Crippen LogP contribution in [-0.4, -0.2) is 12.4 Å². The van der Waals surface area contributed by atoms with Crippen LogP contribution in [0.1, 0.15) is 16.7 Å². The lowest BCUT2D eigenvalue weighted by molar-refractivity contribution is 0.111. The molecule has 74 valence electrons. The highest BCUT2D eigenvalue weighted by Crippen LogP contribution is 2.24. The Morgan fingerprint density at radius 1 is 1.43 bits per heavy atom. The number of hydrogen-bond acceptors (Lipinski definition) is 2. The van der Waals surface area contributed by atoms with Crippen LogP contribution in [0.5, 0.6) is 0 Å². The molecule has 2 rings (SSSR count). The maximum atomic E-state index is 7.36. The van der Waals surface area contributed by atoms with E-state index in [9.17, 15) is 0 Å². The normalized spacial score (nSPS) is 14.9. The lowest BCUT2D eigenvalue weighted by Gasteiger charge is -2.18. The molecule has 3 N–H and O–H groups in total. The summed E-state index contributed by atoms with van der Waals surface area (Å²) in [5, 5.41) is 7.89. The molecule has 1 heterocycles. The van der Waals surface area contributed by atoms with Crippen molar-refractivity contribution in [2.45, 2.75) is 13.0 Å². The number of rotatable bonds is 1. The molecule has 1 aromatic carbocycles. The summed E-state index contributed by atoms with van der Waals surface area (Å²) in [5.74, 6) is 0.0179. The van der Waals surface area contributed by atoms with E-state index in [-0.39, 0.29) is 5.84 Å². The van der Waals surface area contributed by atoms with Gasteiger partial charge < -0.3 is 10.5 Å². The molecule has 0 saturated carbocycles. The molecule has 0 amide bonds. The van der Waals surface area contributed by atoms with Crippen LogP contribution in [0.15, 0.2) is 12.1 Å². The van der Waals surface area contributed by atoms with E-state index in [1.165, 1.54) is 5.56 Å². The summed E-state index contributed by atoms with van der Waals surface area (Å²) in [7, 11) is 0. The first-order chi connectivity index (χ1) is 6.68. The number of nitrogen functional groups attached to an aromatic ring is 1. The van der Waals surface area contributed by atoms with Crippen molar-refractivity contribution in [3.8, 4) is 0 Å². The highest BCUT2D eigenvalue weighted by Gasteiger charge is 2.13. The van der Waals surface area contributed by atoms with E-state index in [1.54, 1.807) is 0 Å². The van der Waals surface area contributed by atoms with Crippen molar-refractivity contribution in [1.29, 1.82) is 5.41 Å². The molecule has 0 radical (unpaired) electrons. The standard InChI is InChI=1S/C10H11ClN2O/c11-9-4-7-5-14-2-1-6(7)3-8(9)10(12)13/h3-4H,1-2,5H2,(H3,12,13). The third-order valence-electron chi connectivity index (χ3n) is 2.35. The van der Waals surface area contributed by atoms with E-state index in [1.807, 2.05) is 12.1 Å². The fourth-order valence-corrected chi connectivity index (χ4v) is 1.89. The molecule has 0 saturated heterocycles. The average Bonchev–Trinajstić information content (AvgIpc) is 2.16. The smallest absolute Gasteiger partial charge is 0.124 e. The van der Waals surface area contributed by atoms with Gasteiger partial charge in [-0.05, 0) is 29.7 Å². The summed E-state index contributed by atoms with van der Waals surface area (Å²) >= 11 is 5.98. The minimum atomic E-state index is 0.0179. The van der Waals surface area contributed by atoms with Gasteiger partial charge in [0.25, 0.3) is 0 Å². The Morgan fingerprint density at radius 2 is 2.21 bits per heavy atom. The van der Waals surface area contributed by atoms with E-state index in [2.05, 4.69) is 0 Å². The largest absolute Gasteiger partial charge is 0.384 e. The molecular weight excluding hydrogens is 200 g/mol. The SMILES string of the molecule is N=C(N)c1cc2c(cc1Cl)COCC2. The molecular formula is C10H11ClN2O. The number of halogens is 1. The van der Waals surface area contributed by atoms with Gasteiger partial charge >= 0.3 is 0 Å². The van der Waals surface area contributed by atoms with E-state index in [0.29, 0.717) is 17.2 Å². The fraction of sp³-hybridized carbons (Fsp3) is 0.300. The number of ether oxygens (including phenoxy) is 1. The molecule has 1 aliphatic rings.